The molecule has 1 aromatic carbocycles. The second-order valence-electron chi connectivity index (χ2n) is 6.20. The Morgan fingerprint density at radius 1 is 1.48 bits per heavy atom. The number of fused-ring (bicyclic) bond motifs is 1. The maximum Gasteiger partial charge on any atom is 0.298 e. The van der Waals surface area contributed by atoms with E-state index < -0.39 is 11.0 Å². The van der Waals surface area contributed by atoms with E-state index >= 15 is 0 Å². The van der Waals surface area contributed by atoms with Crippen LogP contribution in [0.4, 0.5) is 11.7 Å². The molecule has 7 heteroatoms. The van der Waals surface area contributed by atoms with E-state index in [2.05, 4.69) is 10.3 Å². The number of aliphatic hydroxyl groups is 1. The van der Waals surface area contributed by atoms with Crippen molar-refractivity contribution in [1.82, 2.24) is 4.98 Å². The Balaban J connectivity index is 2.10. The molecule has 1 aromatic heterocycles. The summed E-state index contributed by atoms with van der Waals surface area (Å²) < 4.78 is 5.40. The van der Waals surface area contributed by atoms with Crippen molar-refractivity contribution in [2.75, 3.05) is 11.9 Å². The Morgan fingerprint density at radius 2 is 2.19 bits per heavy atom. The van der Waals surface area contributed by atoms with Crippen molar-refractivity contribution in [2.45, 2.75) is 33.3 Å². The lowest BCUT2D eigenvalue weighted by Crippen LogP contribution is -2.25. The summed E-state index contributed by atoms with van der Waals surface area (Å²) in [4.78, 5) is 14.5. The van der Waals surface area contributed by atoms with Gasteiger partial charge >= 0.3 is 0 Å². The molecule has 0 aliphatic carbocycles. The van der Waals surface area contributed by atoms with Crippen molar-refractivity contribution < 1.29 is 14.4 Å². The van der Waals surface area contributed by atoms with Crippen LogP contribution in [0.25, 0.3) is 11.1 Å². The largest absolute Gasteiger partial charge is 0.423 e. The molecule has 0 saturated carbocycles. The first-order chi connectivity index (χ1) is 9.76. The summed E-state index contributed by atoms with van der Waals surface area (Å²) in [7, 11) is 0. The Morgan fingerprint density at radius 3 is 2.81 bits per heavy atom. The van der Waals surface area contributed by atoms with Crippen molar-refractivity contribution in [2.24, 2.45) is 5.41 Å². The predicted molar refractivity (Wildman–Crippen MR) is 79.2 cm³/mol. The zero-order valence-electron chi connectivity index (χ0n) is 12.3. The van der Waals surface area contributed by atoms with Crippen LogP contribution in [0.2, 0.25) is 0 Å². The van der Waals surface area contributed by atoms with Crippen LogP contribution in [0, 0.1) is 15.5 Å². The molecule has 1 heterocycles. The lowest BCUT2D eigenvalue weighted by Gasteiger charge is -2.22. The zero-order chi connectivity index (χ0) is 15.6. The Hall–Kier alpha value is -2.15. The highest BCUT2D eigenvalue weighted by Crippen LogP contribution is 2.27. The number of benzene rings is 1. The van der Waals surface area contributed by atoms with Crippen LogP contribution >= 0.6 is 0 Å². The van der Waals surface area contributed by atoms with Gasteiger partial charge in [0.15, 0.2) is 11.1 Å². The molecule has 114 valence electrons. The summed E-state index contributed by atoms with van der Waals surface area (Å²) in [6.45, 7) is 6.40. The molecule has 0 fully saturated rings. The lowest BCUT2D eigenvalue weighted by atomic mass is 9.89. The number of rotatable bonds is 5. The van der Waals surface area contributed by atoms with E-state index in [1.165, 1.54) is 6.07 Å². The van der Waals surface area contributed by atoms with Gasteiger partial charge in [0.2, 0.25) is 0 Å². The van der Waals surface area contributed by atoms with Crippen molar-refractivity contribution in [3.8, 4) is 0 Å². The highest BCUT2D eigenvalue weighted by Gasteiger charge is 2.19. The molecule has 1 atom stereocenters. The number of aliphatic hydroxyl groups excluding tert-OH is 1. The van der Waals surface area contributed by atoms with Crippen molar-refractivity contribution in [3.05, 3.63) is 28.3 Å². The van der Waals surface area contributed by atoms with E-state index in [1.807, 2.05) is 20.8 Å². The fourth-order valence-corrected chi connectivity index (χ4v) is 2.14. The van der Waals surface area contributed by atoms with E-state index in [1.54, 1.807) is 12.1 Å². The first-order valence-corrected chi connectivity index (χ1v) is 6.72. The molecule has 2 N–H and O–H groups in total. The highest BCUT2D eigenvalue weighted by atomic mass is 16.6. The first kappa shape index (κ1) is 15.2. The van der Waals surface area contributed by atoms with Crippen LogP contribution in [-0.4, -0.2) is 27.7 Å². The van der Waals surface area contributed by atoms with Crippen LogP contribution in [0.3, 0.4) is 0 Å². The first-order valence-electron chi connectivity index (χ1n) is 6.72. The average molecular weight is 293 g/mol. The third-order valence-corrected chi connectivity index (χ3v) is 2.93. The molecule has 0 radical (unpaired) electrons. The lowest BCUT2D eigenvalue weighted by molar-refractivity contribution is -0.383. The summed E-state index contributed by atoms with van der Waals surface area (Å²) >= 11 is 0. The molecule has 0 spiro atoms. The van der Waals surface area contributed by atoms with Gasteiger partial charge in [-0.25, -0.2) is 0 Å². The summed E-state index contributed by atoms with van der Waals surface area (Å²) in [6, 6.07) is 4.71. The maximum atomic E-state index is 10.9. The van der Waals surface area contributed by atoms with Crippen LogP contribution in [0.1, 0.15) is 27.2 Å². The van der Waals surface area contributed by atoms with Crippen LogP contribution < -0.4 is 5.32 Å². The molecule has 7 nitrogen and oxygen atoms in total. The standard InChI is InChI=1S/C14H19N3O4/c1-14(2,3)7-9(18)8-15-13-16-12-10(17(19)20)5-4-6-11(12)21-13/h4-6,9,18H,7-8H2,1-3H3,(H,15,16). The summed E-state index contributed by atoms with van der Waals surface area (Å²) in [6.07, 6.45) is 0.0791. The minimum absolute atomic E-state index is 0.0151. The van der Waals surface area contributed by atoms with Gasteiger partial charge in [-0.15, -0.1) is 0 Å². The Kier molecular flexibility index (Phi) is 4.13. The van der Waals surface area contributed by atoms with E-state index in [0.29, 0.717) is 12.0 Å². The quantitative estimate of drug-likeness (QED) is 0.649. The second kappa shape index (κ2) is 5.69. The topological polar surface area (TPSA) is 101 Å². The Labute approximate surface area is 122 Å². The molecule has 0 bridgehead atoms. The van der Waals surface area contributed by atoms with Crippen molar-refractivity contribution in [1.29, 1.82) is 0 Å². The number of non-ortho nitro benzene ring substituents is 1. The van der Waals surface area contributed by atoms with Gasteiger partial charge in [-0.05, 0) is 17.9 Å². The number of nitrogens with zero attached hydrogens (tertiary/aromatic N) is 2. The molecule has 0 aliphatic heterocycles. The Bertz CT molecular complexity index is 645. The molecule has 0 saturated heterocycles. The molecular formula is C14H19N3O4. The molecule has 1 unspecified atom stereocenters. The molecule has 0 aliphatic rings. The average Bonchev–Trinajstić information content (AvgIpc) is 2.76. The third kappa shape index (κ3) is 3.91. The van der Waals surface area contributed by atoms with Gasteiger partial charge in [0, 0.05) is 12.6 Å². The highest BCUT2D eigenvalue weighted by molar-refractivity contribution is 5.83. The number of oxazole rings is 1. The summed E-state index contributed by atoms with van der Waals surface area (Å²) in [5, 5.41) is 23.7. The van der Waals surface area contributed by atoms with Gasteiger partial charge in [-0.1, -0.05) is 26.8 Å². The molecule has 0 amide bonds. The smallest absolute Gasteiger partial charge is 0.298 e. The number of hydrogen-bond donors (Lipinski definition) is 2. The zero-order valence-corrected chi connectivity index (χ0v) is 12.3. The van der Waals surface area contributed by atoms with Crippen LogP contribution in [-0.2, 0) is 0 Å². The van der Waals surface area contributed by atoms with E-state index in [0.717, 1.165) is 0 Å². The van der Waals surface area contributed by atoms with Crippen LogP contribution in [0.15, 0.2) is 22.6 Å². The number of para-hydroxylation sites is 1. The normalized spacial score (nSPS) is 13.3. The van der Waals surface area contributed by atoms with E-state index in [-0.39, 0.29) is 29.2 Å². The minimum Gasteiger partial charge on any atom is -0.423 e. The van der Waals surface area contributed by atoms with Gasteiger partial charge in [0.25, 0.3) is 11.7 Å². The number of anilines is 1. The van der Waals surface area contributed by atoms with Gasteiger partial charge in [-0.3, -0.25) is 10.1 Å². The maximum absolute atomic E-state index is 10.9. The summed E-state index contributed by atoms with van der Waals surface area (Å²) in [5.74, 6) is 0. The van der Waals surface area contributed by atoms with E-state index in [9.17, 15) is 15.2 Å². The number of aromatic nitrogens is 1. The van der Waals surface area contributed by atoms with Gasteiger partial charge in [0.05, 0.1) is 11.0 Å². The van der Waals surface area contributed by atoms with Gasteiger partial charge < -0.3 is 14.8 Å². The third-order valence-electron chi connectivity index (χ3n) is 2.93. The van der Waals surface area contributed by atoms with E-state index in [4.69, 9.17) is 4.42 Å². The van der Waals surface area contributed by atoms with Crippen LogP contribution in [0.5, 0.6) is 0 Å². The molecular weight excluding hydrogens is 274 g/mol. The molecule has 2 aromatic rings. The SMILES string of the molecule is CC(C)(C)CC(O)CNc1nc2c([N+](=O)[O-])cccc2o1. The monoisotopic (exact) mass is 293 g/mol. The minimum atomic E-state index is -0.546. The number of hydrogen-bond acceptors (Lipinski definition) is 6. The fraction of sp³-hybridized carbons (Fsp3) is 0.500. The number of nitrogens with one attached hydrogen (secondary N) is 1. The fourth-order valence-electron chi connectivity index (χ4n) is 2.14. The van der Waals surface area contributed by atoms with Gasteiger partial charge in [-0.2, -0.15) is 4.98 Å². The van der Waals surface area contributed by atoms with Gasteiger partial charge in [0.1, 0.15) is 0 Å². The molecule has 21 heavy (non-hydrogen) atoms. The van der Waals surface area contributed by atoms with Crippen molar-refractivity contribution in [3.63, 3.8) is 0 Å². The van der Waals surface area contributed by atoms with Crippen molar-refractivity contribution >= 4 is 22.8 Å². The number of nitro benzene ring substituents is 1. The number of nitro groups is 1. The second-order valence-corrected chi connectivity index (χ2v) is 6.20. The predicted octanol–water partition coefficient (Wildman–Crippen LogP) is 2.95. The molecule has 2 rings (SSSR count). The summed E-state index contributed by atoms with van der Waals surface area (Å²) in [5.41, 5.74) is 0.466.